The summed E-state index contributed by atoms with van der Waals surface area (Å²) in [6.45, 7) is 1.08. The quantitative estimate of drug-likeness (QED) is 0.221. The van der Waals surface area contributed by atoms with Crippen LogP contribution in [-0.2, 0) is 4.79 Å². The second-order valence-corrected chi connectivity index (χ2v) is 0.686. The van der Waals surface area contributed by atoms with Gasteiger partial charge < -0.3 is 5.11 Å². The average Bonchev–Trinajstić information content (AvgIpc) is 1.33. The fraction of sp³-hybridized carbons (Fsp3) is 0.500. The van der Waals surface area contributed by atoms with Crippen molar-refractivity contribution in [2.45, 2.75) is 6.92 Å². The van der Waals surface area contributed by atoms with Crippen LogP contribution in [0.1, 0.15) is 6.92 Å². The minimum Gasteiger partial charge on any atom is -0.481 e. The molecule has 0 fully saturated rings. The van der Waals surface area contributed by atoms with E-state index in [0.717, 1.165) is 6.92 Å². The number of aliphatic carboxylic acids is 1. The van der Waals surface area contributed by atoms with Crippen LogP contribution in [0, 0.1) is 0 Å². The Hall–Kier alpha value is -0.650. The molecule has 0 amide bonds. The number of hydrogen-bond acceptors (Lipinski definition) is 4. The van der Waals surface area contributed by atoms with Crippen molar-refractivity contribution in [3.05, 3.63) is 0 Å². The van der Waals surface area contributed by atoms with Crippen LogP contribution in [0.4, 0.5) is 0 Å². The van der Waals surface area contributed by atoms with Gasteiger partial charge in [-0.3, -0.25) is 16.5 Å². The summed E-state index contributed by atoms with van der Waals surface area (Å²) in [6, 6.07) is 0. The van der Waals surface area contributed by atoms with E-state index < -0.39 is 5.97 Å². The van der Waals surface area contributed by atoms with E-state index in [0.29, 0.717) is 0 Å². The summed E-state index contributed by atoms with van der Waals surface area (Å²) < 4.78 is 0. The Bertz CT molecular complexity index is 42.2. The minimum absolute atomic E-state index is 0.833. The molecule has 0 radical (unpaired) electrons. The summed E-state index contributed by atoms with van der Waals surface area (Å²) >= 11 is 0. The summed E-state index contributed by atoms with van der Waals surface area (Å²) in [5.41, 5.74) is 1.75. The average molecular weight is 107 g/mol. The van der Waals surface area contributed by atoms with Crippen molar-refractivity contribution < 1.29 is 9.90 Å². The molecule has 0 aliphatic heterocycles. The highest BCUT2D eigenvalue weighted by molar-refractivity contribution is 5.62. The van der Waals surface area contributed by atoms with Gasteiger partial charge in [0, 0.05) is 6.92 Å². The van der Waals surface area contributed by atoms with Crippen molar-refractivity contribution >= 4 is 5.97 Å². The summed E-state index contributed by atoms with van der Waals surface area (Å²) in [7, 11) is 0. The van der Waals surface area contributed by atoms with Crippen LogP contribution in [0.15, 0.2) is 0 Å². The predicted octanol–water partition coefficient (Wildman–Crippen LogP) is -1.59. The summed E-state index contributed by atoms with van der Waals surface area (Å²) in [6.07, 6.45) is 0. The molecule has 0 aliphatic carbocycles. The number of rotatable bonds is 0. The van der Waals surface area contributed by atoms with E-state index in [2.05, 4.69) is 11.7 Å². The highest BCUT2D eigenvalue weighted by atomic mass is 16.4. The zero-order valence-electron chi connectivity index (χ0n) is 4.01. The topological polar surface area (TPSA) is 101 Å². The van der Waals surface area contributed by atoms with Crippen LogP contribution in [0.5, 0.6) is 0 Å². The lowest BCUT2D eigenvalue weighted by Crippen LogP contribution is -2.29. The van der Waals surface area contributed by atoms with Crippen molar-refractivity contribution in [2.24, 2.45) is 11.7 Å². The molecule has 0 aliphatic rings. The number of carbonyl (C=O) groups is 1. The zero-order chi connectivity index (χ0) is 6.28. The molecule has 0 aromatic heterocycles. The van der Waals surface area contributed by atoms with Gasteiger partial charge in [0.2, 0.25) is 0 Å². The highest BCUT2D eigenvalue weighted by Crippen LogP contribution is 1.42. The van der Waals surface area contributed by atoms with E-state index in [1.165, 1.54) is 0 Å². The molecule has 0 spiro atoms. The number of nitrogens with two attached hydrogens (primary N) is 2. The van der Waals surface area contributed by atoms with Gasteiger partial charge in [-0.25, -0.2) is 0 Å². The maximum absolute atomic E-state index is 9.00. The first kappa shape index (κ1) is 9.61. The highest BCUT2D eigenvalue weighted by Gasteiger charge is 1.65. The molecular formula is C2H9N3O2. The minimum atomic E-state index is -0.833. The smallest absolute Gasteiger partial charge is 0.300 e. The molecule has 0 aromatic carbocycles. The fourth-order valence-corrected chi connectivity index (χ4v) is 0. The number of nitrogens with one attached hydrogen (secondary N) is 1. The van der Waals surface area contributed by atoms with Gasteiger partial charge in [0.05, 0.1) is 0 Å². The SMILES string of the molecule is CC(=O)O.NNN. The van der Waals surface area contributed by atoms with Crippen molar-refractivity contribution in [1.29, 1.82) is 0 Å². The molecule has 0 unspecified atom stereocenters. The van der Waals surface area contributed by atoms with E-state index in [-0.39, 0.29) is 0 Å². The summed E-state index contributed by atoms with van der Waals surface area (Å²) in [4.78, 5) is 9.00. The lowest BCUT2D eigenvalue weighted by atomic mass is 10.9. The van der Waals surface area contributed by atoms with Crippen LogP contribution < -0.4 is 17.2 Å². The van der Waals surface area contributed by atoms with Gasteiger partial charge in [-0.2, -0.15) is 5.53 Å². The molecule has 0 aromatic rings. The van der Waals surface area contributed by atoms with E-state index in [4.69, 9.17) is 9.90 Å². The number of hydrogen-bond donors (Lipinski definition) is 4. The van der Waals surface area contributed by atoms with Gasteiger partial charge in [-0.15, -0.1) is 0 Å². The monoisotopic (exact) mass is 107 g/mol. The van der Waals surface area contributed by atoms with Crippen LogP contribution in [-0.4, -0.2) is 11.1 Å². The molecule has 5 heteroatoms. The Kier molecular flexibility index (Phi) is 12.4. The molecule has 0 bridgehead atoms. The van der Waals surface area contributed by atoms with Gasteiger partial charge in [0.25, 0.3) is 5.97 Å². The third kappa shape index (κ3) is 142. The van der Waals surface area contributed by atoms with Gasteiger partial charge in [0.1, 0.15) is 0 Å². The van der Waals surface area contributed by atoms with E-state index in [1.54, 1.807) is 5.53 Å². The molecule has 0 rings (SSSR count). The first-order valence-corrected chi connectivity index (χ1v) is 1.51. The molecule has 0 saturated heterocycles. The molecule has 0 atom stereocenters. The van der Waals surface area contributed by atoms with Crippen LogP contribution in [0.25, 0.3) is 0 Å². The van der Waals surface area contributed by atoms with Gasteiger partial charge >= 0.3 is 0 Å². The number of hydrazine groups is 2. The van der Waals surface area contributed by atoms with Crippen molar-refractivity contribution in [3.63, 3.8) is 0 Å². The van der Waals surface area contributed by atoms with Crippen LogP contribution in [0.3, 0.4) is 0 Å². The van der Waals surface area contributed by atoms with Crippen LogP contribution >= 0.6 is 0 Å². The third-order valence-electron chi connectivity index (χ3n) is 0. The molecular weight excluding hydrogens is 98.0 g/mol. The standard InChI is InChI=1S/C2H4O2.H5N3/c1-2(3)4;1-3-2/h1H3,(H,3,4);3H,1-2H2. The second kappa shape index (κ2) is 9.02. The molecule has 5 nitrogen and oxygen atoms in total. The third-order valence-corrected chi connectivity index (χ3v) is 0. The molecule has 44 valence electrons. The summed E-state index contributed by atoms with van der Waals surface area (Å²) in [5, 5.41) is 7.42. The summed E-state index contributed by atoms with van der Waals surface area (Å²) in [5.74, 6) is 7.92. The number of carboxylic acids is 1. The molecule has 0 heterocycles. The zero-order valence-corrected chi connectivity index (χ0v) is 4.01. The largest absolute Gasteiger partial charge is 0.481 e. The van der Waals surface area contributed by atoms with E-state index in [9.17, 15) is 0 Å². The Morgan fingerprint density at radius 3 is 1.71 bits per heavy atom. The Morgan fingerprint density at radius 1 is 1.71 bits per heavy atom. The molecule has 0 saturated carbocycles. The lowest BCUT2D eigenvalue weighted by Gasteiger charge is -1.64. The van der Waals surface area contributed by atoms with E-state index >= 15 is 0 Å². The van der Waals surface area contributed by atoms with Gasteiger partial charge in [-0.05, 0) is 0 Å². The normalized spacial score (nSPS) is 6.14. The molecule has 7 heavy (non-hydrogen) atoms. The lowest BCUT2D eigenvalue weighted by molar-refractivity contribution is -0.134. The second-order valence-electron chi connectivity index (χ2n) is 0.686. The van der Waals surface area contributed by atoms with Crippen LogP contribution in [0.2, 0.25) is 0 Å². The van der Waals surface area contributed by atoms with Crippen molar-refractivity contribution in [2.75, 3.05) is 0 Å². The van der Waals surface area contributed by atoms with E-state index in [1.807, 2.05) is 0 Å². The fourth-order valence-electron chi connectivity index (χ4n) is 0. The molecule has 6 N–H and O–H groups in total. The number of carboxylic acid groups (broad SMARTS) is 1. The first-order chi connectivity index (χ1) is 3.15. The Labute approximate surface area is 41.2 Å². The van der Waals surface area contributed by atoms with Crippen molar-refractivity contribution in [1.82, 2.24) is 5.53 Å². The maximum Gasteiger partial charge on any atom is 0.300 e. The Morgan fingerprint density at radius 2 is 1.71 bits per heavy atom. The van der Waals surface area contributed by atoms with Gasteiger partial charge in [-0.1, -0.05) is 0 Å². The first-order valence-electron chi connectivity index (χ1n) is 1.51. The van der Waals surface area contributed by atoms with Gasteiger partial charge in [0.15, 0.2) is 0 Å². The van der Waals surface area contributed by atoms with Crippen molar-refractivity contribution in [3.8, 4) is 0 Å². The maximum atomic E-state index is 9.00. The Balaban J connectivity index is 0. The predicted molar refractivity (Wildman–Crippen MR) is 24.8 cm³/mol.